The van der Waals surface area contributed by atoms with Crippen molar-refractivity contribution in [3.8, 4) is 23.3 Å². The number of rotatable bonds is 8. The second-order valence-corrected chi connectivity index (χ2v) is 5.50. The van der Waals surface area contributed by atoms with Crippen LogP contribution in [-0.2, 0) is 4.79 Å². The molecule has 5 heteroatoms. The van der Waals surface area contributed by atoms with E-state index in [1.165, 1.54) is 6.08 Å². The van der Waals surface area contributed by atoms with E-state index in [0.29, 0.717) is 29.4 Å². The number of carbonyl (C=O) groups excluding carboxylic acids is 1. The molecule has 0 aliphatic rings. The lowest BCUT2D eigenvalue weighted by Gasteiger charge is -2.10. The van der Waals surface area contributed by atoms with Crippen LogP contribution in [0.2, 0.25) is 0 Å². The van der Waals surface area contributed by atoms with E-state index in [1.54, 1.807) is 43.5 Å². The van der Waals surface area contributed by atoms with Gasteiger partial charge in [0.15, 0.2) is 11.5 Å². The van der Waals surface area contributed by atoms with Gasteiger partial charge in [0.25, 0.3) is 0 Å². The summed E-state index contributed by atoms with van der Waals surface area (Å²) in [6.45, 7) is 2.74. The van der Waals surface area contributed by atoms with Crippen LogP contribution in [0.5, 0.6) is 17.2 Å². The van der Waals surface area contributed by atoms with Crippen molar-refractivity contribution in [2.45, 2.75) is 19.8 Å². The van der Waals surface area contributed by atoms with Crippen LogP contribution in [0.15, 0.2) is 48.5 Å². The molecule has 0 bridgehead atoms. The molecule has 0 N–H and O–H groups in total. The predicted octanol–water partition coefficient (Wildman–Crippen LogP) is 4.36. The largest absolute Gasteiger partial charge is 0.493 e. The molecule has 0 atom stereocenters. The van der Waals surface area contributed by atoms with Gasteiger partial charge in [0, 0.05) is 6.08 Å². The summed E-state index contributed by atoms with van der Waals surface area (Å²) in [6.07, 6.45) is 5.02. The zero-order valence-corrected chi connectivity index (χ0v) is 14.9. The highest BCUT2D eigenvalue weighted by Gasteiger charge is 2.05. The Morgan fingerprint density at radius 2 is 1.92 bits per heavy atom. The molecular formula is C21H21NO4. The zero-order valence-electron chi connectivity index (χ0n) is 14.9. The highest BCUT2D eigenvalue weighted by Crippen LogP contribution is 2.28. The summed E-state index contributed by atoms with van der Waals surface area (Å²) < 4.78 is 16.2. The maximum Gasteiger partial charge on any atom is 0.336 e. The molecule has 0 amide bonds. The molecule has 0 unspecified atom stereocenters. The van der Waals surface area contributed by atoms with Gasteiger partial charge in [-0.25, -0.2) is 4.79 Å². The Labute approximate surface area is 153 Å². The van der Waals surface area contributed by atoms with Crippen molar-refractivity contribution >= 4 is 12.0 Å². The monoisotopic (exact) mass is 351 g/mol. The number of benzene rings is 2. The third kappa shape index (κ3) is 5.67. The highest BCUT2D eigenvalue weighted by atomic mass is 16.5. The van der Waals surface area contributed by atoms with Gasteiger partial charge in [-0.05, 0) is 54.5 Å². The van der Waals surface area contributed by atoms with E-state index in [9.17, 15) is 4.79 Å². The summed E-state index contributed by atoms with van der Waals surface area (Å²) in [5, 5.41) is 8.76. The summed E-state index contributed by atoms with van der Waals surface area (Å²) in [6, 6.07) is 13.8. The van der Waals surface area contributed by atoms with Crippen LogP contribution in [0.25, 0.3) is 6.08 Å². The molecule has 0 aromatic heterocycles. The SMILES string of the molecule is CCCCOc1ccc(/C=C/C(=O)Oc2ccc(C#N)cc2)cc1OC. The summed E-state index contributed by atoms with van der Waals surface area (Å²) in [5.41, 5.74) is 1.30. The number of unbranched alkanes of at least 4 members (excludes halogenated alkanes) is 1. The van der Waals surface area contributed by atoms with E-state index in [1.807, 2.05) is 18.2 Å². The minimum Gasteiger partial charge on any atom is -0.493 e. The van der Waals surface area contributed by atoms with E-state index in [0.717, 1.165) is 18.4 Å². The lowest BCUT2D eigenvalue weighted by Crippen LogP contribution is -2.03. The van der Waals surface area contributed by atoms with Crippen molar-refractivity contribution in [2.24, 2.45) is 0 Å². The quantitative estimate of drug-likeness (QED) is 0.306. The summed E-state index contributed by atoms with van der Waals surface area (Å²) in [5.74, 6) is 1.18. The number of methoxy groups -OCH3 is 1. The summed E-state index contributed by atoms with van der Waals surface area (Å²) >= 11 is 0. The molecule has 2 rings (SSSR count). The summed E-state index contributed by atoms with van der Waals surface area (Å²) in [7, 11) is 1.58. The molecular weight excluding hydrogens is 330 g/mol. The Morgan fingerprint density at radius 1 is 1.15 bits per heavy atom. The van der Waals surface area contributed by atoms with Gasteiger partial charge in [0.2, 0.25) is 0 Å². The van der Waals surface area contributed by atoms with Crippen molar-refractivity contribution in [3.63, 3.8) is 0 Å². The predicted molar refractivity (Wildman–Crippen MR) is 99.2 cm³/mol. The average Bonchev–Trinajstić information content (AvgIpc) is 2.67. The Kier molecular flexibility index (Phi) is 7.26. The van der Waals surface area contributed by atoms with Gasteiger partial charge in [-0.3, -0.25) is 0 Å². The minimum atomic E-state index is -0.503. The number of nitrogens with zero attached hydrogens (tertiary/aromatic N) is 1. The maximum atomic E-state index is 11.9. The van der Waals surface area contributed by atoms with Gasteiger partial charge in [0.05, 0.1) is 25.3 Å². The lowest BCUT2D eigenvalue weighted by molar-refractivity contribution is -0.128. The smallest absolute Gasteiger partial charge is 0.336 e. The van der Waals surface area contributed by atoms with Crippen LogP contribution in [0.3, 0.4) is 0 Å². The van der Waals surface area contributed by atoms with Crippen LogP contribution in [-0.4, -0.2) is 19.7 Å². The molecule has 26 heavy (non-hydrogen) atoms. The molecule has 0 fully saturated rings. The van der Waals surface area contributed by atoms with Crippen LogP contribution in [0.1, 0.15) is 30.9 Å². The molecule has 0 saturated carbocycles. The van der Waals surface area contributed by atoms with Gasteiger partial charge in [-0.15, -0.1) is 0 Å². The minimum absolute atomic E-state index is 0.385. The molecule has 0 heterocycles. The number of ether oxygens (including phenoxy) is 3. The Hall–Kier alpha value is -3.26. The fraction of sp³-hybridized carbons (Fsp3) is 0.238. The van der Waals surface area contributed by atoms with E-state index >= 15 is 0 Å². The van der Waals surface area contributed by atoms with Crippen molar-refractivity contribution in [3.05, 3.63) is 59.7 Å². The van der Waals surface area contributed by atoms with Crippen molar-refractivity contribution in [1.29, 1.82) is 5.26 Å². The maximum absolute atomic E-state index is 11.9. The molecule has 5 nitrogen and oxygen atoms in total. The first kappa shape index (κ1) is 19.1. The van der Waals surface area contributed by atoms with Gasteiger partial charge in [-0.1, -0.05) is 19.4 Å². The summed E-state index contributed by atoms with van der Waals surface area (Å²) in [4.78, 5) is 11.9. The first-order valence-corrected chi connectivity index (χ1v) is 8.37. The van der Waals surface area contributed by atoms with Crippen LogP contribution in [0, 0.1) is 11.3 Å². The molecule has 2 aromatic rings. The van der Waals surface area contributed by atoms with Gasteiger partial charge in [-0.2, -0.15) is 5.26 Å². The molecule has 0 spiro atoms. The topological polar surface area (TPSA) is 68.5 Å². The Morgan fingerprint density at radius 3 is 2.58 bits per heavy atom. The van der Waals surface area contributed by atoms with Crippen molar-refractivity contribution in [2.75, 3.05) is 13.7 Å². The van der Waals surface area contributed by atoms with E-state index < -0.39 is 5.97 Å². The molecule has 0 aliphatic carbocycles. The van der Waals surface area contributed by atoms with Gasteiger partial charge >= 0.3 is 5.97 Å². The van der Waals surface area contributed by atoms with Crippen molar-refractivity contribution < 1.29 is 19.0 Å². The highest BCUT2D eigenvalue weighted by molar-refractivity contribution is 5.88. The molecule has 134 valence electrons. The van der Waals surface area contributed by atoms with E-state index in [4.69, 9.17) is 19.5 Å². The number of carbonyl (C=O) groups is 1. The fourth-order valence-corrected chi connectivity index (χ4v) is 2.15. The molecule has 0 saturated heterocycles. The first-order valence-electron chi connectivity index (χ1n) is 8.37. The van der Waals surface area contributed by atoms with Crippen LogP contribution < -0.4 is 14.2 Å². The number of esters is 1. The average molecular weight is 351 g/mol. The first-order chi connectivity index (χ1) is 12.7. The van der Waals surface area contributed by atoms with Crippen LogP contribution >= 0.6 is 0 Å². The fourth-order valence-electron chi connectivity index (χ4n) is 2.15. The lowest BCUT2D eigenvalue weighted by atomic mass is 10.2. The number of hydrogen-bond acceptors (Lipinski definition) is 5. The molecule has 2 aromatic carbocycles. The van der Waals surface area contributed by atoms with Crippen LogP contribution in [0.4, 0.5) is 0 Å². The number of nitriles is 1. The van der Waals surface area contributed by atoms with Gasteiger partial charge in [0.1, 0.15) is 5.75 Å². The van der Waals surface area contributed by atoms with E-state index in [-0.39, 0.29) is 0 Å². The van der Waals surface area contributed by atoms with Gasteiger partial charge < -0.3 is 14.2 Å². The Balaban J connectivity index is 1.99. The third-order valence-corrected chi connectivity index (χ3v) is 3.56. The number of hydrogen-bond donors (Lipinski definition) is 0. The van der Waals surface area contributed by atoms with Crippen molar-refractivity contribution in [1.82, 2.24) is 0 Å². The second-order valence-electron chi connectivity index (χ2n) is 5.50. The third-order valence-electron chi connectivity index (χ3n) is 3.56. The second kappa shape index (κ2) is 9.90. The molecule has 0 radical (unpaired) electrons. The van der Waals surface area contributed by atoms with E-state index in [2.05, 4.69) is 6.92 Å². The Bertz CT molecular complexity index is 804. The zero-order chi connectivity index (χ0) is 18.8. The normalized spacial score (nSPS) is 10.3. The molecule has 0 aliphatic heterocycles. The standard InChI is InChI=1S/C21H21NO4/c1-3-4-13-25-19-11-7-16(14-20(19)24-2)8-12-21(23)26-18-9-5-17(15-22)6-10-18/h5-12,14H,3-4,13H2,1-2H3/b12-8+.